The smallest absolute Gasteiger partial charge is 0.270 e. The number of nitrogens with one attached hydrogen (secondary N) is 3. The molecule has 0 aromatic heterocycles. The molecule has 0 aliphatic rings. The van der Waals surface area contributed by atoms with Gasteiger partial charge in [0.25, 0.3) is 11.6 Å². The third-order valence-corrected chi connectivity index (χ3v) is 4.54. The van der Waals surface area contributed by atoms with Gasteiger partial charge in [-0.3, -0.25) is 19.7 Å². The Morgan fingerprint density at radius 2 is 1.81 bits per heavy atom. The molecule has 2 aromatic rings. The van der Waals surface area contributed by atoms with Gasteiger partial charge in [0.15, 0.2) is 11.5 Å². The molecule has 32 heavy (non-hydrogen) atoms. The summed E-state index contributed by atoms with van der Waals surface area (Å²) in [6.45, 7) is 1.25. The predicted molar refractivity (Wildman–Crippen MR) is 117 cm³/mol. The number of hydrogen-bond acceptors (Lipinski definition) is 8. The van der Waals surface area contributed by atoms with Crippen molar-refractivity contribution in [3.8, 4) is 11.5 Å². The molecule has 172 valence electrons. The molecule has 0 heterocycles. The summed E-state index contributed by atoms with van der Waals surface area (Å²) in [7, 11) is 3.02. The number of nitrogens with zero attached hydrogens (tertiary/aromatic N) is 1. The number of non-ortho nitro benzene ring substituents is 1. The normalized spacial score (nSPS) is 11.2. The second-order valence-electron chi connectivity index (χ2n) is 6.82. The molecule has 0 saturated carbocycles. The van der Waals surface area contributed by atoms with Gasteiger partial charge in [-0.15, -0.1) is 0 Å². The molecule has 1 atom stereocenters. The Morgan fingerprint density at radius 1 is 1.09 bits per heavy atom. The number of rotatable bonds is 11. The molecule has 0 unspecified atom stereocenters. The van der Waals surface area contributed by atoms with Crippen LogP contribution in [0.3, 0.4) is 0 Å². The summed E-state index contributed by atoms with van der Waals surface area (Å²) in [5, 5.41) is 29.0. The second-order valence-corrected chi connectivity index (χ2v) is 6.82. The summed E-state index contributed by atoms with van der Waals surface area (Å²) in [6, 6.07) is 8.36. The number of ether oxygens (including phenoxy) is 2. The number of hydrogen-bond donors (Lipinski definition) is 4. The van der Waals surface area contributed by atoms with Crippen molar-refractivity contribution in [1.82, 2.24) is 10.6 Å². The van der Waals surface area contributed by atoms with Crippen LogP contribution in [0.1, 0.15) is 22.8 Å². The molecule has 0 aliphatic carbocycles. The van der Waals surface area contributed by atoms with E-state index in [4.69, 9.17) is 9.47 Å². The molecule has 2 amide bonds. The van der Waals surface area contributed by atoms with Crippen molar-refractivity contribution < 1.29 is 29.1 Å². The van der Waals surface area contributed by atoms with Crippen molar-refractivity contribution in [2.75, 3.05) is 32.7 Å². The minimum atomic E-state index is -0.601. The Labute approximate surface area is 184 Å². The van der Waals surface area contributed by atoms with Gasteiger partial charge in [-0.1, -0.05) is 6.07 Å². The van der Waals surface area contributed by atoms with Crippen molar-refractivity contribution in [3.63, 3.8) is 0 Å². The molecule has 4 N–H and O–H groups in total. The zero-order chi connectivity index (χ0) is 23.7. The summed E-state index contributed by atoms with van der Waals surface area (Å²) in [6.07, 6.45) is 0. The van der Waals surface area contributed by atoms with Gasteiger partial charge in [0, 0.05) is 37.8 Å². The van der Waals surface area contributed by atoms with E-state index >= 15 is 0 Å². The SMILES string of the molecule is COc1ccc(CNC(=O)c2cc([N+](=O)[O-])ccc2N[C@H](CO)CNC(C)=O)cc1OC. The first kappa shape index (κ1) is 24.4. The van der Waals surface area contributed by atoms with Crippen LogP contribution in [-0.4, -0.2) is 55.3 Å². The minimum Gasteiger partial charge on any atom is -0.493 e. The largest absolute Gasteiger partial charge is 0.493 e. The fourth-order valence-corrected chi connectivity index (χ4v) is 2.88. The maximum Gasteiger partial charge on any atom is 0.270 e. The zero-order valence-electron chi connectivity index (χ0n) is 18.0. The maximum atomic E-state index is 12.9. The highest BCUT2D eigenvalue weighted by molar-refractivity contribution is 6.00. The maximum absolute atomic E-state index is 12.9. The molecule has 0 saturated heterocycles. The van der Waals surface area contributed by atoms with Crippen molar-refractivity contribution >= 4 is 23.2 Å². The Balaban J connectivity index is 2.23. The van der Waals surface area contributed by atoms with Crippen LogP contribution in [0.15, 0.2) is 36.4 Å². The molecule has 0 bridgehead atoms. The molecule has 0 spiro atoms. The van der Waals surface area contributed by atoms with E-state index in [1.54, 1.807) is 18.2 Å². The van der Waals surface area contributed by atoms with Crippen molar-refractivity contribution in [3.05, 3.63) is 57.6 Å². The highest BCUT2D eigenvalue weighted by Crippen LogP contribution is 2.28. The first-order valence-electron chi connectivity index (χ1n) is 9.68. The van der Waals surface area contributed by atoms with Gasteiger partial charge >= 0.3 is 0 Å². The van der Waals surface area contributed by atoms with Crippen LogP contribution in [-0.2, 0) is 11.3 Å². The van der Waals surface area contributed by atoms with Gasteiger partial charge in [-0.05, 0) is 23.8 Å². The average Bonchev–Trinajstić information content (AvgIpc) is 2.79. The Morgan fingerprint density at radius 3 is 2.41 bits per heavy atom. The fourth-order valence-electron chi connectivity index (χ4n) is 2.88. The van der Waals surface area contributed by atoms with E-state index in [2.05, 4.69) is 16.0 Å². The van der Waals surface area contributed by atoms with E-state index in [9.17, 15) is 24.8 Å². The number of carbonyl (C=O) groups excluding carboxylic acids is 2. The van der Waals surface area contributed by atoms with E-state index in [1.165, 1.54) is 33.3 Å². The van der Waals surface area contributed by atoms with Crippen molar-refractivity contribution in [1.29, 1.82) is 0 Å². The molecular weight excluding hydrogens is 420 g/mol. The topological polar surface area (TPSA) is 152 Å². The fraction of sp³-hybridized carbons (Fsp3) is 0.333. The third kappa shape index (κ3) is 6.57. The number of aliphatic hydroxyl groups excluding tert-OH is 1. The van der Waals surface area contributed by atoms with Crippen LogP contribution in [0.25, 0.3) is 0 Å². The Hall–Kier alpha value is -3.86. The Kier molecular flexibility index (Phi) is 8.78. The van der Waals surface area contributed by atoms with Crippen molar-refractivity contribution in [2.24, 2.45) is 0 Å². The quantitative estimate of drug-likeness (QED) is 0.299. The van der Waals surface area contributed by atoms with Gasteiger partial charge in [0.1, 0.15) is 0 Å². The monoisotopic (exact) mass is 446 g/mol. The number of amides is 2. The summed E-state index contributed by atoms with van der Waals surface area (Å²) < 4.78 is 10.4. The van der Waals surface area contributed by atoms with Gasteiger partial charge < -0.3 is 30.5 Å². The lowest BCUT2D eigenvalue weighted by Gasteiger charge is -2.20. The second kappa shape index (κ2) is 11.5. The van der Waals surface area contributed by atoms with E-state index in [-0.39, 0.29) is 42.5 Å². The van der Waals surface area contributed by atoms with Gasteiger partial charge in [0.05, 0.1) is 37.4 Å². The lowest BCUT2D eigenvalue weighted by Crippen LogP contribution is -2.38. The zero-order valence-corrected chi connectivity index (χ0v) is 18.0. The number of methoxy groups -OCH3 is 2. The lowest BCUT2D eigenvalue weighted by atomic mass is 10.1. The van der Waals surface area contributed by atoms with Crippen LogP contribution in [0.5, 0.6) is 11.5 Å². The van der Waals surface area contributed by atoms with Crippen LogP contribution >= 0.6 is 0 Å². The summed E-state index contributed by atoms with van der Waals surface area (Å²) in [5.74, 6) is 0.215. The number of nitro benzene ring substituents is 1. The number of nitro groups is 1. The molecule has 0 fully saturated rings. The first-order chi connectivity index (χ1) is 15.3. The third-order valence-electron chi connectivity index (χ3n) is 4.54. The van der Waals surface area contributed by atoms with E-state index in [1.807, 2.05) is 0 Å². The molecular formula is C21H26N4O7. The van der Waals surface area contributed by atoms with E-state index in [0.29, 0.717) is 11.5 Å². The first-order valence-corrected chi connectivity index (χ1v) is 9.68. The molecule has 0 radical (unpaired) electrons. The van der Waals surface area contributed by atoms with Gasteiger partial charge in [-0.2, -0.15) is 0 Å². The predicted octanol–water partition coefficient (Wildman–Crippen LogP) is 1.45. The molecule has 0 aliphatic heterocycles. The number of benzene rings is 2. The summed E-state index contributed by atoms with van der Waals surface area (Å²) >= 11 is 0. The van der Waals surface area contributed by atoms with Gasteiger partial charge in [0.2, 0.25) is 5.91 Å². The van der Waals surface area contributed by atoms with Crippen molar-refractivity contribution in [2.45, 2.75) is 19.5 Å². The van der Waals surface area contributed by atoms with Crippen LogP contribution in [0.2, 0.25) is 0 Å². The number of aliphatic hydroxyl groups is 1. The summed E-state index contributed by atoms with van der Waals surface area (Å²) in [4.78, 5) is 34.6. The number of anilines is 1. The van der Waals surface area contributed by atoms with Crippen LogP contribution < -0.4 is 25.4 Å². The molecule has 2 aromatic carbocycles. The molecule has 11 heteroatoms. The molecule has 11 nitrogen and oxygen atoms in total. The lowest BCUT2D eigenvalue weighted by molar-refractivity contribution is -0.384. The van der Waals surface area contributed by atoms with Crippen LogP contribution in [0, 0.1) is 10.1 Å². The summed E-state index contributed by atoms with van der Waals surface area (Å²) in [5.41, 5.74) is 0.787. The van der Waals surface area contributed by atoms with E-state index in [0.717, 1.165) is 11.6 Å². The Bertz CT molecular complexity index is 981. The van der Waals surface area contributed by atoms with Gasteiger partial charge in [-0.25, -0.2) is 0 Å². The average molecular weight is 446 g/mol. The van der Waals surface area contributed by atoms with Crippen LogP contribution in [0.4, 0.5) is 11.4 Å². The standard InChI is InChI=1S/C21H26N4O7/c1-13(27)22-11-15(12-26)24-18-6-5-16(25(29)30)9-17(18)21(28)23-10-14-4-7-19(31-2)20(8-14)32-3/h4-9,15,24,26H,10-12H2,1-3H3,(H,22,27)(H,23,28)/t15-/m0/s1. The highest BCUT2D eigenvalue weighted by Gasteiger charge is 2.19. The highest BCUT2D eigenvalue weighted by atomic mass is 16.6. The number of carbonyl (C=O) groups is 2. The molecule has 2 rings (SSSR count). The van der Waals surface area contributed by atoms with E-state index < -0.39 is 16.9 Å². The minimum absolute atomic E-state index is 0.0287.